The van der Waals surface area contributed by atoms with Crippen molar-refractivity contribution < 1.29 is 19.4 Å². The third kappa shape index (κ3) is 3.92. The molecule has 5 nitrogen and oxygen atoms in total. The van der Waals surface area contributed by atoms with E-state index in [1.54, 1.807) is 6.07 Å². The quantitative estimate of drug-likeness (QED) is 0.829. The van der Waals surface area contributed by atoms with Crippen molar-refractivity contribution in [3.05, 3.63) is 28.8 Å². The number of carbonyl (C=O) groups excluding carboxylic acids is 1. The van der Waals surface area contributed by atoms with Crippen molar-refractivity contribution >= 4 is 23.5 Å². The van der Waals surface area contributed by atoms with Crippen LogP contribution in [0.3, 0.4) is 0 Å². The zero-order valence-corrected chi connectivity index (χ0v) is 10.7. The lowest BCUT2D eigenvalue weighted by molar-refractivity contribution is -0.121. The molecule has 0 spiro atoms. The summed E-state index contributed by atoms with van der Waals surface area (Å²) in [6, 6.07) is 4.57. The number of halogens is 1. The van der Waals surface area contributed by atoms with E-state index in [0.717, 1.165) is 0 Å². The zero-order valence-electron chi connectivity index (χ0n) is 9.90. The van der Waals surface area contributed by atoms with E-state index in [0.29, 0.717) is 6.54 Å². The molecule has 0 saturated heterocycles. The number of rotatable bonds is 6. The molecule has 2 N–H and O–H groups in total. The number of hydrogen-bond acceptors (Lipinski definition) is 3. The second-order valence-corrected chi connectivity index (χ2v) is 3.88. The van der Waals surface area contributed by atoms with Crippen LogP contribution < -0.4 is 10.1 Å². The Morgan fingerprint density at radius 1 is 1.44 bits per heavy atom. The Balaban J connectivity index is 2.65. The maximum Gasteiger partial charge on any atom is 0.341 e. The normalized spacial score (nSPS) is 9.89. The van der Waals surface area contributed by atoms with Crippen molar-refractivity contribution in [3.8, 4) is 5.75 Å². The van der Waals surface area contributed by atoms with Crippen LogP contribution in [0.15, 0.2) is 18.2 Å². The predicted molar refractivity (Wildman–Crippen MR) is 67.2 cm³/mol. The second-order valence-electron chi connectivity index (χ2n) is 3.47. The summed E-state index contributed by atoms with van der Waals surface area (Å²) in [7, 11) is 0. The van der Waals surface area contributed by atoms with Crippen LogP contribution >= 0.6 is 11.6 Å². The van der Waals surface area contributed by atoms with Gasteiger partial charge in [0.1, 0.15) is 11.3 Å². The Morgan fingerprint density at radius 3 is 2.78 bits per heavy atom. The Morgan fingerprint density at radius 2 is 2.17 bits per heavy atom. The third-order valence-corrected chi connectivity index (χ3v) is 2.46. The van der Waals surface area contributed by atoms with Gasteiger partial charge in [-0.15, -0.1) is 0 Å². The average Bonchev–Trinajstić information content (AvgIpc) is 2.28. The van der Waals surface area contributed by atoms with Crippen molar-refractivity contribution in [2.45, 2.75) is 13.3 Å². The molecule has 0 bridgehead atoms. The molecule has 1 rings (SSSR count). The number of carboxylic acids is 1. The van der Waals surface area contributed by atoms with Crippen molar-refractivity contribution in [2.24, 2.45) is 0 Å². The number of hydrogen-bond donors (Lipinski definition) is 2. The van der Waals surface area contributed by atoms with Gasteiger partial charge in [-0.25, -0.2) is 4.79 Å². The number of carbonyl (C=O) groups is 2. The third-order valence-electron chi connectivity index (χ3n) is 2.15. The summed E-state index contributed by atoms with van der Waals surface area (Å²) in [4.78, 5) is 22.2. The topological polar surface area (TPSA) is 75.6 Å². The van der Waals surface area contributed by atoms with Crippen LogP contribution in [0.2, 0.25) is 5.02 Å². The molecular formula is C12H14ClNO4. The lowest BCUT2D eigenvalue weighted by Gasteiger charge is -2.09. The largest absolute Gasteiger partial charge is 0.492 e. The summed E-state index contributed by atoms with van der Waals surface area (Å²) in [5.41, 5.74) is -0.0879. The zero-order chi connectivity index (χ0) is 13.5. The summed E-state index contributed by atoms with van der Waals surface area (Å²) in [6.07, 6.45) is 0.166. The van der Waals surface area contributed by atoms with Gasteiger partial charge in [-0.05, 0) is 19.1 Å². The van der Waals surface area contributed by atoms with Crippen LogP contribution in [0, 0.1) is 0 Å². The van der Waals surface area contributed by atoms with Crippen LogP contribution in [0.25, 0.3) is 0 Å². The number of amides is 1. The molecule has 6 heteroatoms. The molecule has 0 aromatic heterocycles. The van der Waals surface area contributed by atoms with Crippen LogP contribution in [-0.4, -0.2) is 30.1 Å². The molecule has 0 aliphatic carbocycles. The first-order chi connectivity index (χ1) is 8.56. The first-order valence-electron chi connectivity index (χ1n) is 5.47. The van der Waals surface area contributed by atoms with Crippen molar-refractivity contribution in [3.63, 3.8) is 0 Å². The second kappa shape index (κ2) is 6.86. The Labute approximate surface area is 110 Å². The summed E-state index contributed by atoms with van der Waals surface area (Å²) in [5.74, 6) is -1.13. The first kappa shape index (κ1) is 14.3. The number of nitrogens with one attached hydrogen (secondary N) is 1. The van der Waals surface area contributed by atoms with Crippen LogP contribution in [0.1, 0.15) is 23.7 Å². The molecule has 18 heavy (non-hydrogen) atoms. The molecule has 0 radical (unpaired) electrons. The summed E-state index contributed by atoms with van der Waals surface area (Å²) in [5, 5.41) is 11.7. The minimum Gasteiger partial charge on any atom is -0.492 e. The predicted octanol–water partition coefficient (Wildman–Crippen LogP) is 1.94. The van der Waals surface area contributed by atoms with E-state index in [9.17, 15) is 9.59 Å². The number of carboxylic acid groups (broad SMARTS) is 1. The molecule has 1 aromatic rings. The van der Waals surface area contributed by atoms with Gasteiger partial charge >= 0.3 is 5.97 Å². The van der Waals surface area contributed by atoms with E-state index in [4.69, 9.17) is 21.4 Å². The number of aromatic carboxylic acids is 1. The lowest BCUT2D eigenvalue weighted by atomic mass is 10.2. The van der Waals surface area contributed by atoms with E-state index in [-0.39, 0.29) is 35.3 Å². The molecule has 0 unspecified atom stereocenters. The average molecular weight is 272 g/mol. The SMILES string of the molecule is CCNC(=O)CCOc1cccc(Cl)c1C(=O)O. The molecule has 98 valence electrons. The van der Waals surface area contributed by atoms with Crippen molar-refractivity contribution in [1.82, 2.24) is 5.32 Å². The van der Waals surface area contributed by atoms with Crippen molar-refractivity contribution in [1.29, 1.82) is 0 Å². The van der Waals surface area contributed by atoms with E-state index < -0.39 is 5.97 Å². The summed E-state index contributed by atoms with van der Waals surface area (Å²) < 4.78 is 5.27. The van der Waals surface area contributed by atoms with Gasteiger partial charge in [-0.1, -0.05) is 17.7 Å². The molecular weight excluding hydrogens is 258 g/mol. The smallest absolute Gasteiger partial charge is 0.341 e. The molecule has 0 atom stereocenters. The van der Waals surface area contributed by atoms with E-state index in [1.165, 1.54) is 12.1 Å². The highest BCUT2D eigenvalue weighted by atomic mass is 35.5. The number of ether oxygens (including phenoxy) is 1. The highest BCUT2D eigenvalue weighted by molar-refractivity contribution is 6.33. The molecule has 1 amide bonds. The Hall–Kier alpha value is -1.75. The van der Waals surface area contributed by atoms with Gasteiger partial charge in [-0.3, -0.25) is 4.79 Å². The maximum absolute atomic E-state index is 11.2. The molecule has 1 aromatic carbocycles. The van der Waals surface area contributed by atoms with Gasteiger partial charge in [0.05, 0.1) is 18.1 Å². The minimum absolute atomic E-state index is 0.0879. The van der Waals surface area contributed by atoms with Gasteiger partial charge < -0.3 is 15.2 Å². The monoisotopic (exact) mass is 271 g/mol. The minimum atomic E-state index is -1.16. The van der Waals surface area contributed by atoms with E-state index in [2.05, 4.69) is 5.32 Å². The van der Waals surface area contributed by atoms with E-state index >= 15 is 0 Å². The standard InChI is InChI=1S/C12H14ClNO4/c1-2-14-10(15)6-7-18-9-5-3-4-8(13)11(9)12(16)17/h3-5H,2,6-7H2,1H3,(H,14,15)(H,16,17). The molecule has 0 saturated carbocycles. The Kier molecular flexibility index (Phi) is 5.45. The molecule has 0 aliphatic heterocycles. The van der Waals surface area contributed by atoms with Gasteiger partial charge in [0.2, 0.25) is 5.91 Å². The molecule has 0 fully saturated rings. The van der Waals surface area contributed by atoms with Gasteiger partial charge in [0.25, 0.3) is 0 Å². The summed E-state index contributed by atoms with van der Waals surface area (Å²) >= 11 is 5.78. The molecule has 0 aliphatic rings. The van der Waals surface area contributed by atoms with Gasteiger partial charge in [-0.2, -0.15) is 0 Å². The highest BCUT2D eigenvalue weighted by Gasteiger charge is 2.15. The van der Waals surface area contributed by atoms with Crippen LogP contribution in [-0.2, 0) is 4.79 Å². The Bertz CT molecular complexity index is 448. The van der Waals surface area contributed by atoms with Crippen LogP contribution in [0.4, 0.5) is 0 Å². The van der Waals surface area contributed by atoms with Gasteiger partial charge in [0.15, 0.2) is 0 Å². The highest BCUT2D eigenvalue weighted by Crippen LogP contribution is 2.26. The van der Waals surface area contributed by atoms with E-state index in [1.807, 2.05) is 6.92 Å². The maximum atomic E-state index is 11.2. The van der Waals surface area contributed by atoms with Crippen molar-refractivity contribution in [2.75, 3.05) is 13.2 Å². The fourth-order valence-electron chi connectivity index (χ4n) is 1.37. The van der Waals surface area contributed by atoms with Gasteiger partial charge in [0, 0.05) is 6.54 Å². The van der Waals surface area contributed by atoms with Crippen LogP contribution in [0.5, 0.6) is 5.75 Å². The lowest BCUT2D eigenvalue weighted by Crippen LogP contribution is -2.24. The number of benzene rings is 1. The fourth-order valence-corrected chi connectivity index (χ4v) is 1.62. The fraction of sp³-hybridized carbons (Fsp3) is 0.333. The summed E-state index contributed by atoms with van der Waals surface area (Å²) in [6.45, 7) is 2.47. The first-order valence-corrected chi connectivity index (χ1v) is 5.85. The molecule has 0 heterocycles.